The Morgan fingerprint density at radius 1 is 1.29 bits per heavy atom. The maximum atomic E-state index is 11.7. The third-order valence-corrected chi connectivity index (χ3v) is 2.73. The van der Waals surface area contributed by atoms with E-state index in [9.17, 15) is 4.79 Å². The zero-order chi connectivity index (χ0) is 14.5. The molecule has 0 unspecified atom stereocenters. The molecule has 21 heavy (non-hydrogen) atoms. The summed E-state index contributed by atoms with van der Waals surface area (Å²) in [5, 5.41) is 6.50. The highest BCUT2D eigenvalue weighted by Gasteiger charge is 2.11. The van der Waals surface area contributed by atoms with E-state index in [0.717, 1.165) is 5.56 Å². The van der Waals surface area contributed by atoms with Gasteiger partial charge in [0.15, 0.2) is 0 Å². The minimum absolute atomic E-state index is 0.173. The molecule has 3 rings (SSSR count). The number of imidazole rings is 1. The maximum absolute atomic E-state index is 11.7. The van der Waals surface area contributed by atoms with Crippen LogP contribution in [0.4, 0.5) is 5.95 Å². The van der Waals surface area contributed by atoms with Gasteiger partial charge in [0.25, 0.3) is 0 Å². The van der Waals surface area contributed by atoms with Crippen LogP contribution in [0.15, 0.2) is 41.4 Å². The number of carbonyl (C=O) groups is 1. The van der Waals surface area contributed by atoms with Crippen LogP contribution in [0.2, 0.25) is 0 Å². The van der Waals surface area contributed by atoms with E-state index in [1.54, 1.807) is 36.9 Å². The van der Waals surface area contributed by atoms with E-state index in [-0.39, 0.29) is 12.3 Å². The van der Waals surface area contributed by atoms with Crippen LogP contribution in [0.3, 0.4) is 0 Å². The number of H-pyrrole nitrogens is 1. The summed E-state index contributed by atoms with van der Waals surface area (Å²) < 4.78 is 5.12. The van der Waals surface area contributed by atoms with Gasteiger partial charge in [0.05, 0.1) is 0 Å². The summed E-state index contributed by atoms with van der Waals surface area (Å²) >= 11 is 0. The second-order valence-electron chi connectivity index (χ2n) is 4.23. The van der Waals surface area contributed by atoms with Gasteiger partial charge in [0.2, 0.25) is 23.6 Å². The van der Waals surface area contributed by atoms with Crippen molar-refractivity contribution in [3.63, 3.8) is 0 Å². The number of aromatic nitrogens is 5. The van der Waals surface area contributed by atoms with Crippen molar-refractivity contribution in [2.45, 2.75) is 12.8 Å². The number of amides is 1. The van der Waals surface area contributed by atoms with Crippen molar-refractivity contribution >= 4 is 11.9 Å². The molecule has 1 amide bonds. The summed E-state index contributed by atoms with van der Waals surface area (Å²) in [4.78, 5) is 26.6. The Hall–Kier alpha value is -3.03. The number of anilines is 1. The van der Waals surface area contributed by atoms with Crippen LogP contribution in [-0.2, 0) is 11.2 Å². The van der Waals surface area contributed by atoms with Crippen LogP contribution in [-0.4, -0.2) is 31.0 Å². The van der Waals surface area contributed by atoms with Gasteiger partial charge < -0.3 is 9.51 Å². The average molecular weight is 284 g/mol. The summed E-state index contributed by atoms with van der Waals surface area (Å²) in [7, 11) is 0. The molecule has 0 spiro atoms. The van der Waals surface area contributed by atoms with Gasteiger partial charge in [-0.1, -0.05) is 5.16 Å². The fourth-order valence-electron chi connectivity index (χ4n) is 1.72. The fraction of sp³-hybridized carbons (Fsp3) is 0.154. The predicted molar refractivity (Wildman–Crippen MR) is 73.1 cm³/mol. The molecule has 3 heterocycles. The summed E-state index contributed by atoms with van der Waals surface area (Å²) in [6.45, 7) is 0. The lowest BCUT2D eigenvalue weighted by Crippen LogP contribution is -2.13. The van der Waals surface area contributed by atoms with E-state index < -0.39 is 0 Å². The molecule has 0 bridgehead atoms. The minimum Gasteiger partial charge on any atom is -0.339 e. The number of aryl methyl sites for hydroxylation is 1. The molecule has 8 heteroatoms. The molecular formula is C13H12N6O2. The summed E-state index contributed by atoms with van der Waals surface area (Å²) in [6, 6.07) is 3.58. The van der Waals surface area contributed by atoms with Gasteiger partial charge in [0, 0.05) is 43.2 Å². The molecule has 0 aliphatic heterocycles. The second-order valence-corrected chi connectivity index (χ2v) is 4.23. The largest absolute Gasteiger partial charge is 0.339 e. The lowest BCUT2D eigenvalue weighted by atomic mass is 10.2. The number of pyridine rings is 1. The lowest BCUT2D eigenvalue weighted by Gasteiger charge is -1.98. The van der Waals surface area contributed by atoms with Gasteiger partial charge in [-0.2, -0.15) is 4.98 Å². The van der Waals surface area contributed by atoms with E-state index >= 15 is 0 Å². The molecule has 0 aliphatic rings. The zero-order valence-corrected chi connectivity index (χ0v) is 11.0. The van der Waals surface area contributed by atoms with Crippen molar-refractivity contribution in [1.29, 1.82) is 0 Å². The van der Waals surface area contributed by atoms with Crippen LogP contribution in [0.25, 0.3) is 11.4 Å². The Bertz CT molecular complexity index is 707. The van der Waals surface area contributed by atoms with Crippen molar-refractivity contribution in [2.75, 3.05) is 5.32 Å². The van der Waals surface area contributed by atoms with Gasteiger partial charge in [-0.05, 0) is 12.1 Å². The monoisotopic (exact) mass is 284 g/mol. The van der Waals surface area contributed by atoms with Crippen LogP contribution < -0.4 is 5.32 Å². The van der Waals surface area contributed by atoms with Crippen molar-refractivity contribution in [3.8, 4) is 11.4 Å². The molecule has 2 N–H and O–H groups in total. The van der Waals surface area contributed by atoms with Crippen LogP contribution >= 0.6 is 0 Å². The molecule has 0 atom stereocenters. The summed E-state index contributed by atoms with van der Waals surface area (Å²) in [5.74, 6) is 1.15. The molecule has 0 aromatic carbocycles. The van der Waals surface area contributed by atoms with Gasteiger partial charge >= 0.3 is 0 Å². The maximum Gasteiger partial charge on any atom is 0.227 e. The SMILES string of the molecule is O=C(CCc1nc(-c2ccncc2)no1)Nc1ncc[nH]1. The average Bonchev–Trinajstić information content (AvgIpc) is 3.17. The first kappa shape index (κ1) is 13.0. The number of aromatic amines is 1. The molecule has 0 aliphatic carbocycles. The van der Waals surface area contributed by atoms with Crippen molar-refractivity contribution < 1.29 is 9.32 Å². The first-order valence-corrected chi connectivity index (χ1v) is 6.33. The van der Waals surface area contributed by atoms with Crippen LogP contribution in [0, 0.1) is 0 Å². The van der Waals surface area contributed by atoms with Gasteiger partial charge in [-0.25, -0.2) is 4.98 Å². The smallest absolute Gasteiger partial charge is 0.227 e. The number of hydrogen-bond acceptors (Lipinski definition) is 6. The minimum atomic E-state index is -0.173. The first-order chi connectivity index (χ1) is 10.3. The number of rotatable bonds is 5. The van der Waals surface area contributed by atoms with Crippen molar-refractivity contribution in [1.82, 2.24) is 25.1 Å². The standard InChI is InChI=1S/C13H12N6O2/c20-10(17-13-15-7-8-16-13)1-2-11-18-12(19-21-11)9-3-5-14-6-4-9/h3-8H,1-2H2,(H2,15,16,17,20). The molecule has 3 aromatic heterocycles. The third-order valence-electron chi connectivity index (χ3n) is 2.73. The Balaban J connectivity index is 1.56. The molecule has 106 valence electrons. The molecular weight excluding hydrogens is 272 g/mol. The number of nitrogens with one attached hydrogen (secondary N) is 2. The zero-order valence-electron chi connectivity index (χ0n) is 11.0. The van der Waals surface area contributed by atoms with Crippen LogP contribution in [0.1, 0.15) is 12.3 Å². The highest BCUT2D eigenvalue weighted by Crippen LogP contribution is 2.14. The van der Waals surface area contributed by atoms with Gasteiger partial charge in [-0.3, -0.25) is 15.1 Å². The molecule has 0 saturated carbocycles. The van der Waals surface area contributed by atoms with E-state index in [2.05, 4.69) is 30.4 Å². The number of nitrogens with zero attached hydrogens (tertiary/aromatic N) is 4. The number of carbonyl (C=O) groups excluding carboxylic acids is 1. The van der Waals surface area contributed by atoms with E-state index in [4.69, 9.17) is 4.52 Å². The molecule has 0 saturated heterocycles. The lowest BCUT2D eigenvalue weighted by molar-refractivity contribution is -0.116. The fourth-order valence-corrected chi connectivity index (χ4v) is 1.72. The molecule has 0 radical (unpaired) electrons. The van der Waals surface area contributed by atoms with E-state index in [0.29, 0.717) is 24.1 Å². The second kappa shape index (κ2) is 5.95. The Morgan fingerprint density at radius 2 is 2.14 bits per heavy atom. The highest BCUT2D eigenvalue weighted by atomic mass is 16.5. The van der Waals surface area contributed by atoms with Crippen LogP contribution in [0.5, 0.6) is 0 Å². The molecule has 0 fully saturated rings. The first-order valence-electron chi connectivity index (χ1n) is 6.33. The highest BCUT2D eigenvalue weighted by molar-refractivity contribution is 5.88. The quantitative estimate of drug-likeness (QED) is 0.733. The Labute approximate surface area is 119 Å². The van der Waals surface area contributed by atoms with Gasteiger partial charge in [-0.15, -0.1) is 0 Å². The topological polar surface area (TPSA) is 110 Å². The normalized spacial score (nSPS) is 10.5. The van der Waals surface area contributed by atoms with E-state index in [1.807, 2.05) is 0 Å². The number of hydrogen-bond donors (Lipinski definition) is 2. The Kier molecular flexibility index (Phi) is 3.68. The van der Waals surface area contributed by atoms with Crippen molar-refractivity contribution in [2.24, 2.45) is 0 Å². The third kappa shape index (κ3) is 3.30. The van der Waals surface area contributed by atoms with Crippen molar-refractivity contribution in [3.05, 3.63) is 42.8 Å². The Morgan fingerprint density at radius 3 is 2.90 bits per heavy atom. The summed E-state index contributed by atoms with van der Waals surface area (Å²) in [5.41, 5.74) is 0.819. The summed E-state index contributed by atoms with van der Waals surface area (Å²) in [6.07, 6.45) is 7.11. The van der Waals surface area contributed by atoms with Gasteiger partial charge in [0.1, 0.15) is 0 Å². The predicted octanol–water partition coefficient (Wildman–Crippen LogP) is 1.43. The molecule has 8 nitrogen and oxygen atoms in total. The molecule has 3 aromatic rings. The van der Waals surface area contributed by atoms with E-state index in [1.165, 1.54) is 0 Å².